The molecule has 0 fully saturated rings. The average molecular weight is 238 g/mol. The Hall–Kier alpha value is -1.10. The van der Waals surface area contributed by atoms with E-state index in [0.29, 0.717) is 0 Å². The Labute approximate surface area is 91.0 Å². The van der Waals surface area contributed by atoms with Gasteiger partial charge in [-0.15, -0.1) is 11.6 Å². The van der Waals surface area contributed by atoms with E-state index in [4.69, 9.17) is 21.1 Å². The fourth-order valence-corrected chi connectivity index (χ4v) is 1.43. The second kappa shape index (κ2) is 5.11. The Balaban J connectivity index is 3.37. The summed E-state index contributed by atoms with van der Waals surface area (Å²) in [6.07, 6.45) is -1.39. The largest absolute Gasteiger partial charge is 0.492 e. The molecule has 0 spiro atoms. The first-order valence-corrected chi connectivity index (χ1v) is 4.63. The lowest BCUT2D eigenvalue weighted by molar-refractivity contribution is 0.144. The smallest absolute Gasteiger partial charge is 0.269 e. The molecule has 0 saturated heterocycles. The van der Waals surface area contributed by atoms with Gasteiger partial charge in [0.2, 0.25) is 0 Å². The molecule has 1 heterocycles. The summed E-state index contributed by atoms with van der Waals surface area (Å²) in [5.74, 6) is 0.0554. The highest BCUT2D eigenvalue weighted by atomic mass is 35.5. The lowest BCUT2D eigenvalue weighted by atomic mass is 10.2. The molecule has 84 valence electrons. The summed E-state index contributed by atoms with van der Waals surface area (Å²) in [6.45, 7) is 0. The van der Waals surface area contributed by atoms with Crippen LogP contribution in [0.2, 0.25) is 0 Å². The van der Waals surface area contributed by atoms with E-state index >= 15 is 0 Å². The molecule has 0 radical (unpaired) electrons. The van der Waals surface area contributed by atoms with Crippen LogP contribution in [0.1, 0.15) is 17.7 Å². The average Bonchev–Trinajstić information content (AvgIpc) is 2.26. The molecule has 15 heavy (non-hydrogen) atoms. The number of hydrogen-bond acceptors (Lipinski definition) is 3. The molecule has 6 heteroatoms. The van der Waals surface area contributed by atoms with E-state index in [1.54, 1.807) is 0 Å². The van der Waals surface area contributed by atoms with Crippen molar-refractivity contribution in [1.29, 1.82) is 0 Å². The number of aromatic nitrogens is 1. The zero-order valence-corrected chi connectivity index (χ0v) is 9.02. The molecule has 0 amide bonds. The molecule has 1 rings (SSSR count). The molecule has 0 aliphatic carbocycles. The predicted octanol–water partition coefficient (Wildman–Crippen LogP) is 2.78. The predicted molar refractivity (Wildman–Crippen MR) is 51.9 cm³/mol. The van der Waals surface area contributed by atoms with Crippen LogP contribution in [0.25, 0.3) is 0 Å². The van der Waals surface area contributed by atoms with Gasteiger partial charge in [-0.2, -0.15) is 0 Å². The highest BCUT2D eigenvalue weighted by Gasteiger charge is 2.23. The number of methoxy groups -OCH3 is 2. The molecule has 0 atom stereocenters. The van der Waals surface area contributed by atoms with E-state index in [0.717, 1.165) is 0 Å². The minimum Gasteiger partial charge on any atom is -0.492 e. The number of rotatable bonds is 4. The highest BCUT2D eigenvalue weighted by Crippen LogP contribution is 2.38. The molecule has 0 aliphatic rings. The Morgan fingerprint density at radius 3 is 2.47 bits per heavy atom. The minimum atomic E-state index is -2.70. The van der Waals surface area contributed by atoms with Gasteiger partial charge in [0.25, 0.3) is 6.43 Å². The van der Waals surface area contributed by atoms with Crippen LogP contribution in [0.4, 0.5) is 8.78 Å². The molecular weight excluding hydrogens is 228 g/mol. The van der Waals surface area contributed by atoms with Crippen molar-refractivity contribution in [3.8, 4) is 11.5 Å². The van der Waals surface area contributed by atoms with Crippen molar-refractivity contribution in [2.24, 2.45) is 0 Å². The topological polar surface area (TPSA) is 31.4 Å². The van der Waals surface area contributed by atoms with Gasteiger partial charge in [0.1, 0.15) is 0 Å². The molecule has 0 N–H and O–H groups in total. The van der Waals surface area contributed by atoms with Crippen LogP contribution < -0.4 is 9.47 Å². The van der Waals surface area contributed by atoms with E-state index in [-0.39, 0.29) is 28.6 Å². The Kier molecular flexibility index (Phi) is 4.08. The lowest BCUT2D eigenvalue weighted by Gasteiger charge is -2.14. The summed E-state index contributed by atoms with van der Waals surface area (Å²) in [5, 5.41) is 0. The standard InChI is InChI=1S/C9H10ClF2NO2/c1-14-6-4-13-5(3-10)7(9(11)12)8(6)15-2/h4,9H,3H2,1-2H3. The van der Waals surface area contributed by atoms with Crippen molar-refractivity contribution in [2.45, 2.75) is 12.3 Å². The molecule has 0 aromatic carbocycles. The quantitative estimate of drug-likeness (QED) is 0.755. The number of pyridine rings is 1. The van der Waals surface area contributed by atoms with Crippen LogP contribution in [0.3, 0.4) is 0 Å². The van der Waals surface area contributed by atoms with Crippen molar-refractivity contribution >= 4 is 11.6 Å². The number of halogens is 3. The number of nitrogens with zero attached hydrogens (tertiary/aromatic N) is 1. The Morgan fingerprint density at radius 1 is 1.40 bits per heavy atom. The SMILES string of the molecule is COc1cnc(CCl)c(C(F)F)c1OC. The molecule has 0 bridgehead atoms. The fraction of sp³-hybridized carbons (Fsp3) is 0.444. The van der Waals surface area contributed by atoms with E-state index < -0.39 is 6.43 Å². The van der Waals surface area contributed by atoms with E-state index in [1.807, 2.05) is 0 Å². The third-order valence-electron chi connectivity index (χ3n) is 1.89. The van der Waals surface area contributed by atoms with Crippen LogP contribution in [-0.4, -0.2) is 19.2 Å². The van der Waals surface area contributed by atoms with Crippen molar-refractivity contribution in [1.82, 2.24) is 4.98 Å². The van der Waals surface area contributed by atoms with Gasteiger partial charge in [0.15, 0.2) is 11.5 Å². The van der Waals surface area contributed by atoms with Gasteiger partial charge < -0.3 is 9.47 Å². The van der Waals surface area contributed by atoms with Crippen LogP contribution in [0.5, 0.6) is 11.5 Å². The van der Waals surface area contributed by atoms with Gasteiger partial charge in [0, 0.05) is 0 Å². The van der Waals surface area contributed by atoms with Crippen LogP contribution in [0.15, 0.2) is 6.20 Å². The van der Waals surface area contributed by atoms with Gasteiger partial charge in [-0.25, -0.2) is 8.78 Å². The minimum absolute atomic E-state index is 0.0156. The van der Waals surface area contributed by atoms with Crippen LogP contribution >= 0.6 is 11.6 Å². The maximum absolute atomic E-state index is 12.7. The zero-order valence-electron chi connectivity index (χ0n) is 8.26. The van der Waals surface area contributed by atoms with Crippen LogP contribution in [-0.2, 0) is 5.88 Å². The van der Waals surface area contributed by atoms with Gasteiger partial charge >= 0.3 is 0 Å². The van der Waals surface area contributed by atoms with E-state index in [1.165, 1.54) is 20.4 Å². The van der Waals surface area contributed by atoms with Crippen molar-refractivity contribution in [3.05, 3.63) is 17.5 Å². The van der Waals surface area contributed by atoms with Crippen molar-refractivity contribution < 1.29 is 18.3 Å². The second-order valence-corrected chi connectivity index (χ2v) is 2.92. The van der Waals surface area contributed by atoms with Crippen molar-refractivity contribution in [3.63, 3.8) is 0 Å². The summed E-state index contributed by atoms with van der Waals surface area (Å²) in [6, 6.07) is 0. The van der Waals surface area contributed by atoms with Gasteiger partial charge in [-0.3, -0.25) is 4.98 Å². The Morgan fingerprint density at radius 2 is 2.07 bits per heavy atom. The number of hydrogen-bond donors (Lipinski definition) is 0. The molecule has 3 nitrogen and oxygen atoms in total. The van der Waals surface area contributed by atoms with E-state index in [2.05, 4.69) is 4.98 Å². The molecule has 1 aromatic rings. The highest BCUT2D eigenvalue weighted by molar-refractivity contribution is 6.17. The fourth-order valence-electron chi connectivity index (χ4n) is 1.22. The Bertz CT molecular complexity index is 347. The monoisotopic (exact) mass is 237 g/mol. The second-order valence-electron chi connectivity index (χ2n) is 2.65. The molecular formula is C9H10ClF2NO2. The summed E-state index contributed by atoms with van der Waals surface area (Å²) in [7, 11) is 2.65. The lowest BCUT2D eigenvalue weighted by Crippen LogP contribution is -2.02. The maximum Gasteiger partial charge on any atom is 0.269 e. The van der Waals surface area contributed by atoms with Gasteiger partial charge in [0.05, 0.1) is 37.6 Å². The number of alkyl halides is 3. The summed E-state index contributed by atoms with van der Waals surface area (Å²) in [4.78, 5) is 3.78. The zero-order chi connectivity index (χ0) is 11.4. The first-order valence-electron chi connectivity index (χ1n) is 4.09. The summed E-state index contributed by atoms with van der Waals surface area (Å²) in [5.41, 5.74) is -0.212. The third-order valence-corrected chi connectivity index (χ3v) is 2.14. The molecule has 1 aromatic heterocycles. The first-order chi connectivity index (χ1) is 7.15. The summed E-state index contributed by atoms with van der Waals surface area (Å²) < 4.78 is 35.2. The summed E-state index contributed by atoms with van der Waals surface area (Å²) >= 11 is 5.51. The van der Waals surface area contributed by atoms with Crippen LogP contribution in [0, 0.1) is 0 Å². The third kappa shape index (κ3) is 2.28. The normalized spacial score (nSPS) is 10.5. The first kappa shape index (κ1) is 12.0. The van der Waals surface area contributed by atoms with E-state index in [9.17, 15) is 8.78 Å². The maximum atomic E-state index is 12.7. The van der Waals surface area contributed by atoms with Crippen molar-refractivity contribution in [2.75, 3.05) is 14.2 Å². The number of ether oxygens (including phenoxy) is 2. The molecule has 0 unspecified atom stereocenters. The van der Waals surface area contributed by atoms with Gasteiger partial charge in [-0.1, -0.05) is 0 Å². The van der Waals surface area contributed by atoms with Gasteiger partial charge in [-0.05, 0) is 0 Å². The molecule has 0 aliphatic heterocycles. The molecule has 0 saturated carbocycles.